The number of amides is 1. The number of halogens is 1. The summed E-state index contributed by atoms with van der Waals surface area (Å²) < 4.78 is 18.4. The molecule has 1 heterocycles. The van der Waals surface area contributed by atoms with Crippen molar-refractivity contribution in [2.75, 3.05) is 25.4 Å². The molecule has 1 fully saturated rings. The van der Waals surface area contributed by atoms with E-state index in [4.69, 9.17) is 10.5 Å². The van der Waals surface area contributed by atoms with E-state index in [1.54, 1.807) is 0 Å². The Balaban J connectivity index is 1.90. The van der Waals surface area contributed by atoms with Crippen LogP contribution in [0.1, 0.15) is 25.7 Å². The molecule has 1 aromatic carbocycles. The third-order valence-corrected chi connectivity index (χ3v) is 3.29. The fourth-order valence-corrected chi connectivity index (χ4v) is 2.18. The highest BCUT2D eigenvalue weighted by molar-refractivity contribution is 5.78. The molecule has 1 amide bonds. The van der Waals surface area contributed by atoms with Gasteiger partial charge in [0.1, 0.15) is 11.6 Å². The topological polar surface area (TPSA) is 55.6 Å². The maximum Gasteiger partial charge on any atom is 0.260 e. The molecule has 0 unspecified atom stereocenters. The van der Waals surface area contributed by atoms with Crippen molar-refractivity contribution < 1.29 is 13.9 Å². The Bertz CT molecular complexity index is 443. The Hall–Kier alpha value is -1.78. The van der Waals surface area contributed by atoms with E-state index in [2.05, 4.69) is 0 Å². The first-order valence-electron chi connectivity index (χ1n) is 6.62. The van der Waals surface area contributed by atoms with Crippen LogP contribution >= 0.6 is 0 Å². The Labute approximate surface area is 112 Å². The van der Waals surface area contributed by atoms with Gasteiger partial charge in [-0.1, -0.05) is 12.8 Å². The lowest BCUT2D eigenvalue weighted by Gasteiger charge is -2.20. The van der Waals surface area contributed by atoms with Crippen molar-refractivity contribution in [3.05, 3.63) is 24.0 Å². The van der Waals surface area contributed by atoms with E-state index < -0.39 is 5.82 Å². The molecule has 0 aliphatic carbocycles. The second-order valence-corrected chi connectivity index (χ2v) is 4.77. The monoisotopic (exact) mass is 266 g/mol. The van der Waals surface area contributed by atoms with Crippen molar-refractivity contribution in [3.63, 3.8) is 0 Å². The van der Waals surface area contributed by atoms with Crippen LogP contribution in [-0.2, 0) is 4.79 Å². The summed E-state index contributed by atoms with van der Waals surface area (Å²) in [4.78, 5) is 13.8. The predicted octanol–water partition coefficient (Wildman–Crippen LogP) is 2.19. The average Bonchev–Trinajstić information content (AvgIpc) is 2.68. The molecule has 0 bridgehead atoms. The van der Waals surface area contributed by atoms with Gasteiger partial charge in [0, 0.05) is 19.2 Å². The van der Waals surface area contributed by atoms with E-state index in [1.165, 1.54) is 31.0 Å². The minimum atomic E-state index is -0.425. The normalized spacial score (nSPS) is 15.9. The van der Waals surface area contributed by atoms with Gasteiger partial charge >= 0.3 is 0 Å². The number of rotatable bonds is 3. The van der Waals surface area contributed by atoms with E-state index in [0.29, 0.717) is 5.69 Å². The molecule has 1 aliphatic rings. The molecule has 0 atom stereocenters. The lowest BCUT2D eigenvalue weighted by atomic mass is 10.2. The van der Waals surface area contributed by atoms with Crippen LogP contribution in [0.2, 0.25) is 0 Å². The van der Waals surface area contributed by atoms with Crippen molar-refractivity contribution in [2.24, 2.45) is 0 Å². The summed E-state index contributed by atoms with van der Waals surface area (Å²) in [6.07, 6.45) is 4.41. The molecule has 5 heteroatoms. The molecular weight excluding hydrogens is 247 g/mol. The fourth-order valence-electron chi connectivity index (χ4n) is 2.18. The molecular formula is C14H19FN2O2. The number of carbonyl (C=O) groups excluding carboxylic acids is 1. The van der Waals surface area contributed by atoms with Crippen LogP contribution in [0.4, 0.5) is 10.1 Å². The zero-order valence-corrected chi connectivity index (χ0v) is 10.9. The summed E-state index contributed by atoms with van der Waals surface area (Å²) in [7, 11) is 0. The summed E-state index contributed by atoms with van der Waals surface area (Å²) in [6, 6.07) is 3.89. The molecule has 2 N–H and O–H groups in total. The summed E-state index contributed by atoms with van der Waals surface area (Å²) in [5.41, 5.74) is 6.00. The second kappa shape index (κ2) is 6.41. The van der Waals surface area contributed by atoms with E-state index in [0.717, 1.165) is 25.9 Å². The third-order valence-electron chi connectivity index (χ3n) is 3.29. The summed E-state index contributed by atoms with van der Waals surface area (Å²) >= 11 is 0. The molecule has 19 heavy (non-hydrogen) atoms. The molecule has 1 saturated heterocycles. The van der Waals surface area contributed by atoms with Crippen molar-refractivity contribution in [1.29, 1.82) is 0 Å². The van der Waals surface area contributed by atoms with Crippen LogP contribution in [-0.4, -0.2) is 30.5 Å². The standard InChI is InChI=1S/C14H19FN2O2/c15-11-5-6-12(16)13(9-11)19-10-14(18)17-7-3-1-2-4-8-17/h5-6,9H,1-4,7-8,10,16H2. The zero-order chi connectivity index (χ0) is 13.7. The highest BCUT2D eigenvalue weighted by Crippen LogP contribution is 2.22. The Morgan fingerprint density at radius 1 is 1.26 bits per heavy atom. The smallest absolute Gasteiger partial charge is 0.260 e. The van der Waals surface area contributed by atoms with Gasteiger partial charge in [-0.3, -0.25) is 4.79 Å². The second-order valence-electron chi connectivity index (χ2n) is 4.77. The van der Waals surface area contributed by atoms with Crippen LogP contribution in [0.25, 0.3) is 0 Å². The number of nitrogens with two attached hydrogens (primary N) is 1. The summed E-state index contributed by atoms with van der Waals surface area (Å²) in [6.45, 7) is 1.47. The summed E-state index contributed by atoms with van der Waals surface area (Å²) in [5, 5.41) is 0. The summed E-state index contributed by atoms with van der Waals surface area (Å²) in [5.74, 6) is -0.264. The van der Waals surface area contributed by atoms with Gasteiger partial charge in [-0.05, 0) is 25.0 Å². The van der Waals surface area contributed by atoms with Crippen molar-refractivity contribution in [2.45, 2.75) is 25.7 Å². The number of likely N-dealkylation sites (tertiary alicyclic amines) is 1. The first kappa shape index (κ1) is 13.6. The Morgan fingerprint density at radius 2 is 1.95 bits per heavy atom. The van der Waals surface area contributed by atoms with Crippen LogP contribution in [0, 0.1) is 5.82 Å². The van der Waals surface area contributed by atoms with E-state index in [-0.39, 0.29) is 18.3 Å². The molecule has 1 aliphatic heterocycles. The maximum absolute atomic E-state index is 13.0. The third kappa shape index (κ3) is 3.84. The molecule has 0 aromatic heterocycles. The molecule has 4 nitrogen and oxygen atoms in total. The zero-order valence-electron chi connectivity index (χ0n) is 10.9. The van der Waals surface area contributed by atoms with Gasteiger partial charge < -0.3 is 15.4 Å². The number of ether oxygens (including phenoxy) is 1. The number of hydrogen-bond donors (Lipinski definition) is 1. The van der Waals surface area contributed by atoms with Crippen LogP contribution in [0.3, 0.4) is 0 Å². The highest BCUT2D eigenvalue weighted by Gasteiger charge is 2.16. The van der Waals surface area contributed by atoms with Crippen LogP contribution < -0.4 is 10.5 Å². The molecule has 104 valence electrons. The Morgan fingerprint density at radius 3 is 2.63 bits per heavy atom. The van der Waals surface area contributed by atoms with Crippen LogP contribution in [0.15, 0.2) is 18.2 Å². The van der Waals surface area contributed by atoms with Gasteiger partial charge in [0.15, 0.2) is 6.61 Å². The van der Waals surface area contributed by atoms with E-state index in [1.807, 2.05) is 4.90 Å². The first-order chi connectivity index (χ1) is 9.16. The van der Waals surface area contributed by atoms with Gasteiger partial charge in [0.05, 0.1) is 5.69 Å². The molecule has 0 saturated carbocycles. The van der Waals surface area contributed by atoms with E-state index >= 15 is 0 Å². The maximum atomic E-state index is 13.0. The van der Waals surface area contributed by atoms with Crippen molar-refractivity contribution >= 4 is 11.6 Å². The molecule has 0 radical (unpaired) electrons. The van der Waals surface area contributed by atoms with Gasteiger partial charge in [-0.15, -0.1) is 0 Å². The highest BCUT2D eigenvalue weighted by atomic mass is 19.1. The predicted molar refractivity (Wildman–Crippen MR) is 71.4 cm³/mol. The molecule has 1 aromatic rings. The Kier molecular flexibility index (Phi) is 4.60. The average molecular weight is 266 g/mol. The molecule has 2 rings (SSSR count). The number of carbonyl (C=O) groups is 1. The van der Waals surface area contributed by atoms with Gasteiger partial charge in [-0.2, -0.15) is 0 Å². The van der Waals surface area contributed by atoms with Gasteiger partial charge in [0.25, 0.3) is 5.91 Å². The number of benzene rings is 1. The molecule has 0 spiro atoms. The quantitative estimate of drug-likeness (QED) is 0.853. The van der Waals surface area contributed by atoms with Gasteiger partial charge in [0.2, 0.25) is 0 Å². The number of hydrogen-bond acceptors (Lipinski definition) is 3. The number of nitrogen functional groups attached to an aromatic ring is 1. The number of nitrogens with zero attached hydrogens (tertiary/aromatic N) is 1. The number of anilines is 1. The van der Waals surface area contributed by atoms with Crippen molar-refractivity contribution in [1.82, 2.24) is 4.90 Å². The lowest BCUT2D eigenvalue weighted by Crippen LogP contribution is -2.35. The fraction of sp³-hybridized carbons (Fsp3) is 0.500. The van der Waals surface area contributed by atoms with Crippen molar-refractivity contribution in [3.8, 4) is 5.75 Å². The van der Waals surface area contributed by atoms with Crippen LogP contribution in [0.5, 0.6) is 5.75 Å². The van der Waals surface area contributed by atoms with E-state index in [9.17, 15) is 9.18 Å². The minimum Gasteiger partial charge on any atom is -0.482 e. The lowest BCUT2D eigenvalue weighted by molar-refractivity contribution is -0.133. The SMILES string of the molecule is Nc1ccc(F)cc1OCC(=O)N1CCCCCC1. The first-order valence-corrected chi connectivity index (χ1v) is 6.62. The minimum absolute atomic E-state index is 0.0643. The van der Waals surface area contributed by atoms with Gasteiger partial charge in [-0.25, -0.2) is 4.39 Å². The largest absolute Gasteiger partial charge is 0.482 e.